The van der Waals surface area contributed by atoms with Gasteiger partial charge in [-0.15, -0.1) is 0 Å². The Kier molecular flexibility index (Phi) is 5.34. The topological polar surface area (TPSA) is 99.4 Å². The minimum atomic E-state index is -1.37. The first-order chi connectivity index (χ1) is 9.58. The van der Waals surface area contributed by atoms with E-state index in [2.05, 4.69) is 0 Å². The highest BCUT2D eigenvalue weighted by molar-refractivity contribution is 6.31. The maximum absolute atomic E-state index is 9.89. The van der Waals surface area contributed by atoms with Crippen LogP contribution in [0.25, 0.3) is 0 Å². The summed E-state index contributed by atoms with van der Waals surface area (Å²) in [6.07, 6.45) is -5.35. The van der Waals surface area contributed by atoms with E-state index < -0.39 is 37.3 Å². The smallest absolute Gasteiger partial charge is 0.186 e. The van der Waals surface area contributed by atoms with Gasteiger partial charge in [-0.2, -0.15) is 0 Å². The van der Waals surface area contributed by atoms with Crippen molar-refractivity contribution in [1.82, 2.24) is 0 Å². The Morgan fingerprint density at radius 2 is 1.85 bits per heavy atom. The molecule has 0 amide bonds. The molecule has 1 heterocycles. The molecule has 7 heteroatoms. The summed E-state index contributed by atoms with van der Waals surface area (Å²) >= 11 is 6.04. The van der Waals surface area contributed by atoms with Crippen LogP contribution in [0.15, 0.2) is 24.3 Å². The third kappa shape index (κ3) is 3.12. The second kappa shape index (κ2) is 6.82. The zero-order valence-electron chi connectivity index (χ0n) is 10.6. The molecule has 5 atom stereocenters. The second-order valence-corrected chi connectivity index (χ2v) is 4.96. The molecule has 1 aromatic carbocycles. The molecule has 1 aliphatic heterocycles. The zero-order valence-corrected chi connectivity index (χ0v) is 11.3. The van der Waals surface area contributed by atoms with Crippen molar-refractivity contribution in [3.05, 3.63) is 34.9 Å². The Bertz CT molecular complexity index is 443. The van der Waals surface area contributed by atoms with Crippen LogP contribution in [0.2, 0.25) is 5.02 Å². The van der Waals surface area contributed by atoms with Crippen LogP contribution in [-0.2, 0) is 9.47 Å². The van der Waals surface area contributed by atoms with Crippen molar-refractivity contribution < 1.29 is 29.9 Å². The summed E-state index contributed by atoms with van der Waals surface area (Å²) in [5, 5.41) is 37.9. The summed E-state index contributed by atoms with van der Waals surface area (Å²) in [4.78, 5) is 0. The van der Waals surface area contributed by atoms with Crippen molar-refractivity contribution in [1.29, 1.82) is 0 Å². The van der Waals surface area contributed by atoms with E-state index in [0.29, 0.717) is 10.6 Å². The third-order valence-corrected chi connectivity index (χ3v) is 3.55. The molecule has 6 nitrogen and oxygen atoms in total. The second-order valence-electron chi connectivity index (χ2n) is 4.55. The molecule has 0 spiro atoms. The maximum Gasteiger partial charge on any atom is 0.186 e. The fourth-order valence-electron chi connectivity index (χ4n) is 2.09. The summed E-state index contributed by atoms with van der Waals surface area (Å²) in [7, 11) is 0. The Morgan fingerprint density at radius 3 is 2.45 bits per heavy atom. The lowest BCUT2D eigenvalue weighted by atomic mass is 10.0. The van der Waals surface area contributed by atoms with Gasteiger partial charge in [0.1, 0.15) is 24.4 Å². The van der Waals surface area contributed by atoms with E-state index in [1.54, 1.807) is 24.3 Å². The van der Waals surface area contributed by atoms with Crippen LogP contribution in [0, 0.1) is 0 Å². The van der Waals surface area contributed by atoms with Gasteiger partial charge < -0.3 is 29.9 Å². The lowest BCUT2D eigenvalue weighted by molar-refractivity contribution is -0.113. The number of benzene rings is 1. The molecule has 112 valence electrons. The fourth-order valence-corrected chi connectivity index (χ4v) is 2.31. The molecule has 1 aromatic rings. The number of rotatable bonds is 5. The van der Waals surface area contributed by atoms with E-state index in [1.807, 2.05) is 0 Å². The summed E-state index contributed by atoms with van der Waals surface area (Å²) in [6.45, 7) is -1.00. The van der Waals surface area contributed by atoms with Gasteiger partial charge in [-0.3, -0.25) is 0 Å². The molecule has 20 heavy (non-hydrogen) atoms. The molecule has 2 rings (SSSR count). The lowest BCUT2D eigenvalue weighted by Crippen LogP contribution is -2.45. The first kappa shape index (κ1) is 15.7. The standard InChI is InChI=1S/C13H17ClO6/c14-8-4-2-1-3-7(8)13-19-10(6-16)12(20-13)11(18)9(17)5-15/h1-4,9-13,15-18H,5-6H2/t9-,10+,11-,12-,13?/m1/s1. The average molecular weight is 305 g/mol. The van der Waals surface area contributed by atoms with Crippen molar-refractivity contribution in [2.24, 2.45) is 0 Å². The molecular formula is C13H17ClO6. The summed E-state index contributed by atoms with van der Waals surface area (Å²) < 4.78 is 11.0. The minimum Gasteiger partial charge on any atom is -0.394 e. The molecule has 1 aliphatic rings. The minimum absolute atomic E-state index is 0.388. The van der Waals surface area contributed by atoms with Crippen molar-refractivity contribution in [2.45, 2.75) is 30.7 Å². The quantitative estimate of drug-likeness (QED) is 0.603. The van der Waals surface area contributed by atoms with E-state index in [9.17, 15) is 15.3 Å². The molecule has 1 saturated heterocycles. The van der Waals surface area contributed by atoms with Gasteiger partial charge in [0.05, 0.1) is 13.2 Å². The first-order valence-electron chi connectivity index (χ1n) is 6.21. The summed E-state index contributed by atoms with van der Waals surface area (Å²) in [5.41, 5.74) is 0.570. The Morgan fingerprint density at radius 1 is 1.15 bits per heavy atom. The third-order valence-electron chi connectivity index (χ3n) is 3.20. The largest absolute Gasteiger partial charge is 0.394 e. The molecule has 0 saturated carbocycles. The van der Waals surface area contributed by atoms with Crippen molar-refractivity contribution in [2.75, 3.05) is 13.2 Å². The maximum atomic E-state index is 9.89. The van der Waals surface area contributed by atoms with E-state index in [-0.39, 0.29) is 6.61 Å². The van der Waals surface area contributed by atoms with Crippen molar-refractivity contribution >= 4 is 11.6 Å². The van der Waals surface area contributed by atoms with Crippen molar-refractivity contribution in [3.8, 4) is 0 Å². The number of aliphatic hydroxyl groups is 4. The monoisotopic (exact) mass is 304 g/mol. The molecule has 4 N–H and O–H groups in total. The number of aliphatic hydroxyl groups excluding tert-OH is 4. The highest BCUT2D eigenvalue weighted by atomic mass is 35.5. The van der Waals surface area contributed by atoms with Gasteiger partial charge in [0.25, 0.3) is 0 Å². The van der Waals surface area contributed by atoms with Gasteiger partial charge >= 0.3 is 0 Å². The highest BCUT2D eigenvalue weighted by Crippen LogP contribution is 2.36. The Hall–Kier alpha value is -0.730. The zero-order chi connectivity index (χ0) is 14.7. The predicted octanol–water partition coefficient (Wildman–Crippen LogP) is -0.171. The van der Waals surface area contributed by atoms with Gasteiger partial charge in [-0.05, 0) is 6.07 Å². The number of ether oxygens (including phenoxy) is 2. The van der Waals surface area contributed by atoms with Gasteiger partial charge in [0, 0.05) is 10.6 Å². The molecular weight excluding hydrogens is 288 g/mol. The van der Waals surface area contributed by atoms with Crippen LogP contribution in [0.4, 0.5) is 0 Å². The fraction of sp³-hybridized carbons (Fsp3) is 0.538. The summed E-state index contributed by atoms with van der Waals surface area (Å²) in [5.74, 6) is 0. The first-order valence-corrected chi connectivity index (χ1v) is 6.59. The molecule has 0 aromatic heterocycles. The summed E-state index contributed by atoms with van der Waals surface area (Å²) in [6, 6.07) is 6.89. The van der Waals surface area contributed by atoms with E-state index in [1.165, 1.54) is 0 Å². The van der Waals surface area contributed by atoms with E-state index >= 15 is 0 Å². The average Bonchev–Trinajstić information content (AvgIpc) is 2.90. The van der Waals surface area contributed by atoms with E-state index in [4.69, 9.17) is 26.2 Å². The van der Waals surface area contributed by atoms with Crippen LogP contribution in [-0.4, -0.2) is 58.1 Å². The highest BCUT2D eigenvalue weighted by Gasteiger charge is 2.43. The van der Waals surface area contributed by atoms with Crippen LogP contribution < -0.4 is 0 Å². The van der Waals surface area contributed by atoms with Crippen LogP contribution in [0.1, 0.15) is 11.9 Å². The van der Waals surface area contributed by atoms with Crippen LogP contribution in [0.5, 0.6) is 0 Å². The van der Waals surface area contributed by atoms with E-state index in [0.717, 1.165) is 0 Å². The molecule has 0 bridgehead atoms. The van der Waals surface area contributed by atoms with Gasteiger partial charge in [-0.25, -0.2) is 0 Å². The molecule has 1 unspecified atom stereocenters. The van der Waals surface area contributed by atoms with Crippen molar-refractivity contribution in [3.63, 3.8) is 0 Å². The van der Waals surface area contributed by atoms with Gasteiger partial charge in [0.2, 0.25) is 0 Å². The van der Waals surface area contributed by atoms with Gasteiger partial charge in [-0.1, -0.05) is 29.8 Å². The molecule has 1 fully saturated rings. The van der Waals surface area contributed by atoms with Crippen LogP contribution in [0.3, 0.4) is 0 Å². The Balaban J connectivity index is 2.15. The molecule has 0 aliphatic carbocycles. The van der Waals surface area contributed by atoms with Crippen LogP contribution >= 0.6 is 11.6 Å². The molecule has 0 radical (unpaired) electrons. The Labute approximate surface area is 121 Å². The SMILES string of the molecule is OC[C@@H](O)[C@@H](O)[C@@H]1OC(c2ccccc2Cl)O[C@H]1CO. The number of hydrogen-bond donors (Lipinski definition) is 4. The van der Waals surface area contributed by atoms with Gasteiger partial charge in [0.15, 0.2) is 6.29 Å². The number of halogens is 1. The lowest BCUT2D eigenvalue weighted by Gasteiger charge is -2.23. The number of hydrogen-bond acceptors (Lipinski definition) is 6. The predicted molar refractivity (Wildman–Crippen MR) is 70.1 cm³/mol. The normalized spacial score (nSPS) is 29.4.